The van der Waals surface area contributed by atoms with Gasteiger partial charge in [0.1, 0.15) is 16.3 Å². The Morgan fingerprint density at radius 3 is 2.42 bits per heavy atom. The first-order valence-corrected chi connectivity index (χ1v) is 10.4. The molecule has 0 spiro atoms. The highest BCUT2D eigenvalue weighted by Gasteiger charge is 2.24. The standard InChI is InChI=1S/C23H23NO6S/c1-5-30-23(26)20-17(14-9-10-18(28-3)19(12-14)29-4)13-31-22(20)24-21(25)15-7-6-8-16(11-15)27-2/h6-13H,5H2,1-4H3,(H,24,25). The molecule has 0 unspecified atom stereocenters. The first-order valence-electron chi connectivity index (χ1n) is 9.48. The number of anilines is 1. The van der Waals surface area contributed by atoms with Crippen molar-refractivity contribution in [2.45, 2.75) is 6.92 Å². The zero-order valence-electron chi connectivity index (χ0n) is 17.7. The molecular formula is C23H23NO6S. The minimum absolute atomic E-state index is 0.212. The van der Waals surface area contributed by atoms with Gasteiger partial charge in [0.2, 0.25) is 0 Å². The van der Waals surface area contributed by atoms with Crippen LogP contribution in [0.3, 0.4) is 0 Å². The van der Waals surface area contributed by atoms with Gasteiger partial charge in [0, 0.05) is 16.5 Å². The van der Waals surface area contributed by atoms with Crippen LogP contribution in [0.5, 0.6) is 17.2 Å². The number of ether oxygens (including phenoxy) is 4. The number of esters is 1. The number of rotatable bonds is 8. The number of thiophene rings is 1. The molecule has 0 radical (unpaired) electrons. The zero-order chi connectivity index (χ0) is 22.4. The van der Waals surface area contributed by atoms with Gasteiger partial charge in [-0.25, -0.2) is 4.79 Å². The molecule has 0 atom stereocenters. The third-order valence-corrected chi connectivity index (χ3v) is 5.42. The maximum Gasteiger partial charge on any atom is 0.341 e. The number of carbonyl (C=O) groups is 2. The maximum atomic E-state index is 12.8. The van der Waals surface area contributed by atoms with Crippen LogP contribution in [-0.2, 0) is 4.74 Å². The topological polar surface area (TPSA) is 83.1 Å². The Morgan fingerprint density at radius 1 is 0.968 bits per heavy atom. The lowest BCUT2D eigenvalue weighted by Crippen LogP contribution is -2.15. The summed E-state index contributed by atoms with van der Waals surface area (Å²) in [7, 11) is 4.63. The second-order valence-electron chi connectivity index (χ2n) is 6.33. The summed E-state index contributed by atoms with van der Waals surface area (Å²) in [6.45, 7) is 1.94. The van der Waals surface area contributed by atoms with Crippen molar-refractivity contribution >= 4 is 28.2 Å². The molecule has 7 nitrogen and oxygen atoms in total. The first kappa shape index (κ1) is 22.2. The van der Waals surface area contributed by atoms with Crippen LogP contribution in [0.1, 0.15) is 27.6 Å². The van der Waals surface area contributed by atoms with E-state index in [9.17, 15) is 9.59 Å². The normalized spacial score (nSPS) is 10.3. The van der Waals surface area contributed by atoms with Gasteiger partial charge >= 0.3 is 5.97 Å². The zero-order valence-corrected chi connectivity index (χ0v) is 18.5. The number of benzene rings is 2. The lowest BCUT2D eigenvalue weighted by molar-refractivity contribution is 0.0529. The fourth-order valence-electron chi connectivity index (χ4n) is 3.01. The minimum Gasteiger partial charge on any atom is -0.497 e. The summed E-state index contributed by atoms with van der Waals surface area (Å²) in [4.78, 5) is 25.6. The summed E-state index contributed by atoms with van der Waals surface area (Å²) in [5.74, 6) is 0.795. The van der Waals surface area contributed by atoms with Crippen LogP contribution in [-0.4, -0.2) is 39.8 Å². The van der Waals surface area contributed by atoms with E-state index in [2.05, 4.69) is 5.32 Å². The Kier molecular flexibility index (Phi) is 7.15. The molecule has 0 aliphatic heterocycles. The van der Waals surface area contributed by atoms with Crippen molar-refractivity contribution in [1.29, 1.82) is 0 Å². The van der Waals surface area contributed by atoms with Gasteiger partial charge in [-0.05, 0) is 42.8 Å². The highest BCUT2D eigenvalue weighted by molar-refractivity contribution is 7.15. The van der Waals surface area contributed by atoms with Crippen molar-refractivity contribution in [3.8, 4) is 28.4 Å². The van der Waals surface area contributed by atoms with Crippen LogP contribution < -0.4 is 19.5 Å². The molecule has 0 bridgehead atoms. The quantitative estimate of drug-likeness (QED) is 0.502. The molecule has 1 heterocycles. The van der Waals surface area contributed by atoms with Crippen LogP contribution in [0, 0.1) is 0 Å². The predicted octanol–water partition coefficient (Wildman–Crippen LogP) is 4.87. The molecule has 1 N–H and O–H groups in total. The lowest BCUT2D eigenvalue weighted by Gasteiger charge is -2.11. The van der Waals surface area contributed by atoms with Gasteiger partial charge in [-0.3, -0.25) is 4.79 Å². The fourth-order valence-corrected chi connectivity index (χ4v) is 3.96. The Bertz CT molecular complexity index is 1090. The van der Waals surface area contributed by atoms with E-state index in [1.165, 1.54) is 18.4 Å². The third kappa shape index (κ3) is 4.80. The lowest BCUT2D eigenvalue weighted by atomic mass is 10.0. The van der Waals surface area contributed by atoms with Gasteiger partial charge in [-0.1, -0.05) is 12.1 Å². The number of hydrogen-bond donors (Lipinski definition) is 1. The average Bonchev–Trinajstić information content (AvgIpc) is 3.22. The molecule has 0 saturated carbocycles. The van der Waals surface area contributed by atoms with Gasteiger partial charge in [0.15, 0.2) is 11.5 Å². The van der Waals surface area contributed by atoms with Crippen LogP contribution in [0.25, 0.3) is 11.1 Å². The molecule has 0 fully saturated rings. The van der Waals surface area contributed by atoms with E-state index in [-0.39, 0.29) is 18.1 Å². The summed E-state index contributed by atoms with van der Waals surface area (Å²) in [5, 5.41) is 5.03. The molecule has 0 saturated heterocycles. The van der Waals surface area contributed by atoms with Crippen LogP contribution in [0.4, 0.5) is 5.00 Å². The van der Waals surface area contributed by atoms with Crippen molar-refractivity contribution in [3.05, 3.63) is 59.0 Å². The number of hydrogen-bond acceptors (Lipinski definition) is 7. The van der Waals surface area contributed by atoms with E-state index >= 15 is 0 Å². The second kappa shape index (κ2) is 9.99. The average molecular weight is 442 g/mol. The highest BCUT2D eigenvalue weighted by atomic mass is 32.1. The number of nitrogens with one attached hydrogen (secondary N) is 1. The molecule has 2 aromatic carbocycles. The van der Waals surface area contributed by atoms with E-state index in [0.29, 0.717) is 33.4 Å². The Labute approximate surface area is 184 Å². The number of methoxy groups -OCH3 is 3. The first-order chi connectivity index (χ1) is 15.0. The molecule has 0 aliphatic rings. The third-order valence-electron chi connectivity index (χ3n) is 4.52. The number of amides is 1. The van der Waals surface area contributed by atoms with Crippen LogP contribution in [0.15, 0.2) is 47.8 Å². The van der Waals surface area contributed by atoms with Crippen molar-refractivity contribution in [3.63, 3.8) is 0 Å². The summed E-state index contributed by atoms with van der Waals surface area (Å²) in [6.07, 6.45) is 0. The minimum atomic E-state index is -0.519. The van der Waals surface area contributed by atoms with E-state index in [1.54, 1.807) is 62.9 Å². The summed E-state index contributed by atoms with van der Waals surface area (Å²) in [5.41, 5.74) is 2.06. The molecule has 1 amide bonds. The molecule has 162 valence electrons. The molecular weight excluding hydrogens is 418 g/mol. The van der Waals surface area contributed by atoms with Crippen molar-refractivity contribution < 1.29 is 28.5 Å². The number of carbonyl (C=O) groups excluding carboxylic acids is 2. The molecule has 3 rings (SSSR count). The van der Waals surface area contributed by atoms with Gasteiger partial charge in [0.05, 0.1) is 27.9 Å². The van der Waals surface area contributed by atoms with Gasteiger partial charge in [0.25, 0.3) is 5.91 Å². The van der Waals surface area contributed by atoms with Crippen molar-refractivity contribution in [2.24, 2.45) is 0 Å². The van der Waals surface area contributed by atoms with Gasteiger partial charge in [-0.2, -0.15) is 0 Å². The van der Waals surface area contributed by atoms with E-state index in [0.717, 1.165) is 5.56 Å². The monoisotopic (exact) mass is 441 g/mol. The molecule has 1 aromatic heterocycles. The summed E-state index contributed by atoms with van der Waals surface area (Å²) < 4.78 is 21.1. The second-order valence-corrected chi connectivity index (χ2v) is 7.21. The van der Waals surface area contributed by atoms with Gasteiger partial charge < -0.3 is 24.3 Å². The molecule has 0 aliphatic carbocycles. The van der Waals surface area contributed by atoms with Crippen LogP contribution >= 0.6 is 11.3 Å². The van der Waals surface area contributed by atoms with Crippen molar-refractivity contribution in [2.75, 3.05) is 33.3 Å². The van der Waals surface area contributed by atoms with E-state index in [1.807, 2.05) is 6.07 Å². The van der Waals surface area contributed by atoms with Crippen molar-refractivity contribution in [1.82, 2.24) is 0 Å². The SMILES string of the molecule is CCOC(=O)c1c(-c2ccc(OC)c(OC)c2)csc1NC(=O)c1cccc(OC)c1. The Hall–Kier alpha value is -3.52. The molecule has 3 aromatic rings. The van der Waals surface area contributed by atoms with E-state index < -0.39 is 5.97 Å². The largest absolute Gasteiger partial charge is 0.497 e. The summed E-state index contributed by atoms with van der Waals surface area (Å²) >= 11 is 1.25. The Morgan fingerprint density at radius 2 is 1.74 bits per heavy atom. The molecule has 8 heteroatoms. The maximum absolute atomic E-state index is 12.8. The fraction of sp³-hybridized carbons (Fsp3) is 0.217. The van der Waals surface area contributed by atoms with Crippen LogP contribution in [0.2, 0.25) is 0 Å². The Balaban J connectivity index is 2.01. The van der Waals surface area contributed by atoms with E-state index in [4.69, 9.17) is 18.9 Å². The highest BCUT2D eigenvalue weighted by Crippen LogP contribution is 2.39. The predicted molar refractivity (Wildman–Crippen MR) is 120 cm³/mol. The summed E-state index contributed by atoms with van der Waals surface area (Å²) in [6, 6.07) is 12.1. The molecule has 31 heavy (non-hydrogen) atoms. The smallest absolute Gasteiger partial charge is 0.341 e. The van der Waals surface area contributed by atoms with Gasteiger partial charge in [-0.15, -0.1) is 11.3 Å².